The van der Waals surface area contributed by atoms with Gasteiger partial charge in [-0.2, -0.15) is 0 Å². The van der Waals surface area contributed by atoms with Crippen molar-refractivity contribution >= 4 is 17.7 Å². The van der Waals surface area contributed by atoms with Gasteiger partial charge in [0, 0.05) is 18.9 Å². The topological polar surface area (TPSA) is 104 Å². The summed E-state index contributed by atoms with van der Waals surface area (Å²) in [6, 6.07) is -1.17. The van der Waals surface area contributed by atoms with Crippen molar-refractivity contribution in [3.8, 4) is 0 Å². The molecule has 0 heterocycles. The summed E-state index contributed by atoms with van der Waals surface area (Å²) in [4.78, 5) is 33.9. The van der Waals surface area contributed by atoms with Gasteiger partial charge in [-0.05, 0) is 6.42 Å². The Balaban J connectivity index is 4.19. The third-order valence-electron chi connectivity index (χ3n) is 2.86. The number of rotatable bonds is 10. The fraction of sp³-hybridized carbons (Fsp3) is 0.769. The van der Waals surface area contributed by atoms with E-state index in [2.05, 4.69) is 5.32 Å². The summed E-state index contributed by atoms with van der Waals surface area (Å²) in [7, 11) is 0. The quantitative estimate of drug-likeness (QED) is 0.402. The maximum absolute atomic E-state index is 11.5. The van der Waals surface area contributed by atoms with E-state index < -0.39 is 23.8 Å². The molecule has 2 atom stereocenters. The molecule has 110 valence electrons. The van der Waals surface area contributed by atoms with E-state index in [1.807, 2.05) is 6.92 Å². The molecule has 0 radical (unpaired) electrons. The van der Waals surface area contributed by atoms with Gasteiger partial charge >= 0.3 is 5.97 Å². The molecule has 0 aliphatic carbocycles. The molecule has 0 aliphatic rings. The molecule has 1 unspecified atom stereocenters. The Hall–Kier alpha value is -1.43. The van der Waals surface area contributed by atoms with E-state index in [-0.39, 0.29) is 18.8 Å². The van der Waals surface area contributed by atoms with Gasteiger partial charge in [0.2, 0.25) is 5.91 Å². The largest absolute Gasteiger partial charge is 0.480 e. The molecule has 0 rings (SSSR count). The average molecular weight is 273 g/mol. The smallest absolute Gasteiger partial charge is 0.326 e. The van der Waals surface area contributed by atoms with Crippen LogP contribution >= 0.6 is 0 Å². The molecule has 0 aromatic rings. The number of hydrogen-bond donors (Lipinski definition) is 3. The molecule has 0 saturated carbocycles. The highest BCUT2D eigenvalue weighted by molar-refractivity contribution is 5.99. The first kappa shape index (κ1) is 17.6. The van der Waals surface area contributed by atoms with Crippen LogP contribution in [0.1, 0.15) is 46.0 Å². The standard InChI is InChI=1S/C13H23NO5/c1-3-4-5-6-10(16)7-11(17)14-12(13(18)19)9(2)8-15/h9,12,15H,3-8H2,1-2H3,(H,14,17)(H,18,19)/t9?,12-/m0/s1. The van der Waals surface area contributed by atoms with Crippen LogP contribution in [0, 0.1) is 5.92 Å². The SMILES string of the molecule is CCCCCC(=O)CC(=O)N[C@H](C(=O)O)C(C)CO. The van der Waals surface area contributed by atoms with E-state index in [1.54, 1.807) is 0 Å². The molecule has 0 fully saturated rings. The molecular weight excluding hydrogens is 250 g/mol. The average Bonchev–Trinajstić information content (AvgIpc) is 2.35. The van der Waals surface area contributed by atoms with Crippen LogP contribution < -0.4 is 5.32 Å². The number of aliphatic hydroxyl groups excluding tert-OH is 1. The van der Waals surface area contributed by atoms with Gasteiger partial charge in [-0.3, -0.25) is 9.59 Å². The molecule has 0 saturated heterocycles. The van der Waals surface area contributed by atoms with Crippen LogP contribution in [0.4, 0.5) is 0 Å². The first-order valence-electron chi connectivity index (χ1n) is 6.57. The molecule has 6 heteroatoms. The Morgan fingerprint density at radius 3 is 2.32 bits per heavy atom. The minimum absolute atomic E-state index is 0.188. The lowest BCUT2D eigenvalue weighted by molar-refractivity contribution is -0.144. The molecule has 3 N–H and O–H groups in total. The number of carboxylic acids is 1. The maximum atomic E-state index is 11.5. The Morgan fingerprint density at radius 2 is 1.84 bits per heavy atom. The van der Waals surface area contributed by atoms with Gasteiger partial charge in [-0.1, -0.05) is 26.7 Å². The van der Waals surface area contributed by atoms with Crippen LogP contribution in [0.2, 0.25) is 0 Å². The number of hydrogen-bond acceptors (Lipinski definition) is 4. The highest BCUT2D eigenvalue weighted by Crippen LogP contribution is 2.05. The number of aliphatic carboxylic acids is 1. The molecule has 0 aromatic carbocycles. The first-order chi connectivity index (χ1) is 8.92. The lowest BCUT2D eigenvalue weighted by Crippen LogP contribution is -2.46. The minimum atomic E-state index is -1.21. The summed E-state index contributed by atoms with van der Waals surface area (Å²) in [6.07, 6.45) is 2.72. The summed E-state index contributed by atoms with van der Waals surface area (Å²) in [6.45, 7) is 3.19. The number of amides is 1. The van der Waals surface area contributed by atoms with Gasteiger partial charge in [0.15, 0.2) is 0 Å². The number of carboxylic acid groups (broad SMARTS) is 1. The maximum Gasteiger partial charge on any atom is 0.326 e. The van der Waals surface area contributed by atoms with E-state index in [9.17, 15) is 14.4 Å². The van der Waals surface area contributed by atoms with Crippen molar-refractivity contribution in [1.82, 2.24) is 5.32 Å². The predicted molar refractivity (Wildman–Crippen MR) is 69.6 cm³/mol. The third-order valence-corrected chi connectivity index (χ3v) is 2.86. The van der Waals surface area contributed by atoms with Gasteiger partial charge in [0.1, 0.15) is 11.8 Å². The molecule has 6 nitrogen and oxygen atoms in total. The molecule has 1 amide bonds. The zero-order valence-corrected chi connectivity index (χ0v) is 11.5. The zero-order valence-electron chi connectivity index (χ0n) is 11.5. The fourth-order valence-electron chi connectivity index (χ4n) is 1.62. The minimum Gasteiger partial charge on any atom is -0.480 e. The van der Waals surface area contributed by atoms with Gasteiger partial charge in [0.05, 0.1) is 6.42 Å². The van der Waals surface area contributed by atoms with Crippen molar-refractivity contribution in [3.63, 3.8) is 0 Å². The molecule has 0 aliphatic heterocycles. The lowest BCUT2D eigenvalue weighted by Gasteiger charge is -2.19. The van der Waals surface area contributed by atoms with Crippen LogP contribution in [0.3, 0.4) is 0 Å². The van der Waals surface area contributed by atoms with Crippen molar-refractivity contribution in [2.24, 2.45) is 5.92 Å². The number of carbonyl (C=O) groups is 3. The van der Waals surface area contributed by atoms with E-state index >= 15 is 0 Å². The number of nitrogens with one attached hydrogen (secondary N) is 1. The van der Waals surface area contributed by atoms with Crippen LogP contribution in [0.5, 0.6) is 0 Å². The Kier molecular flexibility index (Phi) is 8.78. The molecular formula is C13H23NO5. The lowest BCUT2D eigenvalue weighted by atomic mass is 10.0. The van der Waals surface area contributed by atoms with E-state index in [0.717, 1.165) is 19.3 Å². The van der Waals surface area contributed by atoms with Crippen molar-refractivity contribution in [1.29, 1.82) is 0 Å². The highest BCUT2D eigenvalue weighted by Gasteiger charge is 2.26. The monoisotopic (exact) mass is 273 g/mol. The van der Waals surface area contributed by atoms with Crippen molar-refractivity contribution in [3.05, 3.63) is 0 Å². The number of aliphatic hydroxyl groups is 1. The van der Waals surface area contributed by atoms with E-state index in [0.29, 0.717) is 6.42 Å². The van der Waals surface area contributed by atoms with Crippen molar-refractivity contribution < 1.29 is 24.6 Å². The van der Waals surface area contributed by atoms with Crippen molar-refractivity contribution in [2.45, 2.75) is 52.0 Å². The van der Waals surface area contributed by atoms with Crippen LogP contribution in [0.25, 0.3) is 0 Å². The van der Waals surface area contributed by atoms with Gasteiger partial charge in [-0.25, -0.2) is 4.79 Å². The summed E-state index contributed by atoms with van der Waals surface area (Å²) in [5, 5.41) is 20.1. The van der Waals surface area contributed by atoms with Crippen molar-refractivity contribution in [2.75, 3.05) is 6.61 Å². The van der Waals surface area contributed by atoms with Gasteiger partial charge in [0.25, 0.3) is 0 Å². The molecule has 0 bridgehead atoms. The second-order valence-corrected chi connectivity index (χ2v) is 4.72. The molecule has 19 heavy (non-hydrogen) atoms. The van der Waals surface area contributed by atoms with E-state index in [1.165, 1.54) is 6.92 Å². The normalized spacial score (nSPS) is 13.6. The second kappa shape index (κ2) is 9.49. The summed E-state index contributed by atoms with van der Waals surface area (Å²) in [5.74, 6) is -2.61. The first-order valence-corrected chi connectivity index (χ1v) is 6.57. The molecule has 0 aromatic heterocycles. The number of carbonyl (C=O) groups excluding carboxylic acids is 2. The van der Waals surface area contributed by atoms with Crippen LogP contribution in [-0.2, 0) is 14.4 Å². The summed E-state index contributed by atoms with van der Waals surface area (Å²) < 4.78 is 0. The number of unbranched alkanes of at least 4 members (excludes halogenated alkanes) is 2. The number of Topliss-reactive ketones (excluding diaryl/α,β-unsaturated/α-hetero) is 1. The second-order valence-electron chi connectivity index (χ2n) is 4.72. The highest BCUT2D eigenvalue weighted by atomic mass is 16.4. The third kappa shape index (κ3) is 7.56. The number of ketones is 1. The van der Waals surface area contributed by atoms with Gasteiger partial charge < -0.3 is 15.5 Å². The summed E-state index contributed by atoms with van der Waals surface area (Å²) in [5.41, 5.74) is 0. The Bertz CT molecular complexity index is 316. The fourth-order valence-corrected chi connectivity index (χ4v) is 1.62. The van der Waals surface area contributed by atoms with Crippen LogP contribution in [-0.4, -0.2) is 40.5 Å². The predicted octanol–water partition coefficient (Wildman–Crippen LogP) is 0.724. The Labute approximate surface area is 113 Å². The van der Waals surface area contributed by atoms with E-state index in [4.69, 9.17) is 10.2 Å². The zero-order chi connectivity index (χ0) is 14.8. The van der Waals surface area contributed by atoms with Gasteiger partial charge in [-0.15, -0.1) is 0 Å². The Morgan fingerprint density at radius 1 is 1.21 bits per heavy atom. The van der Waals surface area contributed by atoms with Crippen LogP contribution in [0.15, 0.2) is 0 Å². The summed E-state index contributed by atoms with van der Waals surface area (Å²) >= 11 is 0. The molecule has 0 spiro atoms.